The van der Waals surface area contributed by atoms with E-state index in [1.807, 2.05) is 79.7 Å². The Labute approximate surface area is 152 Å². The van der Waals surface area contributed by atoms with Crippen LogP contribution in [0.1, 0.15) is 22.9 Å². The molecule has 2 aromatic carbocycles. The summed E-state index contributed by atoms with van der Waals surface area (Å²) in [6, 6.07) is 23.4. The normalized spacial score (nSPS) is 11.7. The summed E-state index contributed by atoms with van der Waals surface area (Å²) < 4.78 is 5.75. The molecule has 0 bridgehead atoms. The van der Waals surface area contributed by atoms with Crippen molar-refractivity contribution in [3.63, 3.8) is 0 Å². The van der Waals surface area contributed by atoms with Crippen molar-refractivity contribution in [1.82, 2.24) is 4.98 Å². The molecule has 1 aromatic heterocycles. The molecule has 0 saturated carbocycles. The van der Waals surface area contributed by atoms with Gasteiger partial charge in [0.1, 0.15) is 0 Å². The van der Waals surface area contributed by atoms with Crippen molar-refractivity contribution >= 4 is 17.7 Å². The van der Waals surface area contributed by atoms with E-state index in [0.29, 0.717) is 0 Å². The first-order valence-corrected chi connectivity index (χ1v) is 9.06. The zero-order valence-electron chi connectivity index (χ0n) is 14.0. The van der Waals surface area contributed by atoms with Crippen LogP contribution in [-0.4, -0.2) is 16.7 Å². The van der Waals surface area contributed by atoms with Gasteiger partial charge in [-0.3, -0.25) is 9.78 Å². The Morgan fingerprint density at radius 2 is 1.72 bits per heavy atom. The van der Waals surface area contributed by atoms with Gasteiger partial charge in [0.25, 0.3) is 0 Å². The molecule has 1 unspecified atom stereocenters. The molecule has 25 heavy (non-hydrogen) atoms. The van der Waals surface area contributed by atoms with Crippen LogP contribution >= 0.6 is 11.8 Å². The van der Waals surface area contributed by atoms with E-state index < -0.39 is 6.10 Å². The fourth-order valence-electron chi connectivity index (χ4n) is 2.40. The van der Waals surface area contributed by atoms with Crippen LogP contribution in [0.2, 0.25) is 0 Å². The summed E-state index contributed by atoms with van der Waals surface area (Å²) in [4.78, 5) is 17.8. The number of carbonyl (C=O) groups excluding carboxylic acids is 1. The highest BCUT2D eigenvalue weighted by Gasteiger charge is 2.20. The van der Waals surface area contributed by atoms with Crippen molar-refractivity contribution in [2.45, 2.75) is 17.9 Å². The highest BCUT2D eigenvalue weighted by atomic mass is 32.2. The zero-order chi connectivity index (χ0) is 17.5. The average Bonchev–Trinajstić information content (AvgIpc) is 2.67. The third-order valence-corrected chi connectivity index (χ3v) is 4.67. The van der Waals surface area contributed by atoms with Gasteiger partial charge in [0, 0.05) is 11.1 Å². The van der Waals surface area contributed by atoms with E-state index in [4.69, 9.17) is 4.74 Å². The number of aryl methyl sites for hydroxylation is 1. The second-order valence-electron chi connectivity index (χ2n) is 5.64. The number of aromatic nitrogens is 1. The minimum Gasteiger partial charge on any atom is -0.450 e. The molecule has 0 saturated heterocycles. The predicted molar refractivity (Wildman–Crippen MR) is 101 cm³/mol. The number of hydrogen-bond donors (Lipinski definition) is 0. The molecule has 4 heteroatoms. The Balaban J connectivity index is 1.69. The number of thioether (sulfide) groups is 1. The first-order valence-electron chi connectivity index (χ1n) is 8.07. The lowest BCUT2D eigenvalue weighted by Crippen LogP contribution is -2.15. The number of esters is 1. The SMILES string of the molecule is Cc1ccc(SCC(=O)OC(c2ccccc2)c2ccccn2)cc1. The molecular formula is C21H19NO2S. The number of carbonyl (C=O) groups is 1. The summed E-state index contributed by atoms with van der Waals surface area (Å²) in [5.41, 5.74) is 2.84. The second kappa shape index (κ2) is 8.49. The molecule has 3 rings (SSSR count). The Bertz CT molecular complexity index is 765. The number of hydrogen-bond acceptors (Lipinski definition) is 4. The maximum absolute atomic E-state index is 12.4. The lowest BCUT2D eigenvalue weighted by atomic mass is 10.1. The van der Waals surface area contributed by atoms with E-state index in [1.54, 1.807) is 6.20 Å². The highest BCUT2D eigenvalue weighted by molar-refractivity contribution is 8.00. The van der Waals surface area contributed by atoms with Gasteiger partial charge in [-0.25, -0.2) is 0 Å². The van der Waals surface area contributed by atoms with Crippen LogP contribution in [0.5, 0.6) is 0 Å². The molecule has 0 amide bonds. The fourth-order valence-corrected chi connectivity index (χ4v) is 3.08. The van der Waals surface area contributed by atoms with Gasteiger partial charge in [0.2, 0.25) is 0 Å². The van der Waals surface area contributed by atoms with Gasteiger partial charge >= 0.3 is 5.97 Å². The van der Waals surface area contributed by atoms with E-state index >= 15 is 0 Å². The van der Waals surface area contributed by atoms with E-state index in [-0.39, 0.29) is 11.7 Å². The molecule has 0 fully saturated rings. The summed E-state index contributed by atoms with van der Waals surface area (Å²) >= 11 is 1.47. The largest absolute Gasteiger partial charge is 0.450 e. The van der Waals surface area contributed by atoms with Gasteiger partial charge in [0.05, 0.1) is 11.4 Å². The Morgan fingerprint density at radius 3 is 2.40 bits per heavy atom. The molecule has 0 aliphatic heterocycles. The zero-order valence-corrected chi connectivity index (χ0v) is 14.8. The standard InChI is InChI=1S/C21H19NO2S/c1-16-10-12-18(13-11-16)25-15-20(23)24-21(17-7-3-2-4-8-17)19-9-5-6-14-22-19/h2-14,21H,15H2,1H3. The molecule has 0 spiro atoms. The van der Waals surface area contributed by atoms with Gasteiger partial charge in [-0.05, 0) is 36.8 Å². The summed E-state index contributed by atoms with van der Waals surface area (Å²) in [5.74, 6) is 0.00394. The van der Waals surface area contributed by atoms with Gasteiger partial charge < -0.3 is 4.74 Å². The van der Waals surface area contributed by atoms with Gasteiger partial charge in [-0.2, -0.15) is 0 Å². The van der Waals surface area contributed by atoms with Crippen molar-refractivity contribution in [3.05, 3.63) is 95.8 Å². The molecule has 0 N–H and O–H groups in total. The van der Waals surface area contributed by atoms with Crippen LogP contribution in [0.25, 0.3) is 0 Å². The Kier molecular flexibility index (Phi) is 5.86. The Hall–Kier alpha value is -2.59. The van der Waals surface area contributed by atoms with Crippen molar-refractivity contribution in [2.24, 2.45) is 0 Å². The third-order valence-electron chi connectivity index (χ3n) is 3.69. The van der Waals surface area contributed by atoms with Gasteiger partial charge in [-0.1, -0.05) is 54.1 Å². The van der Waals surface area contributed by atoms with Crippen LogP contribution < -0.4 is 0 Å². The average molecular weight is 349 g/mol. The Morgan fingerprint density at radius 1 is 1.00 bits per heavy atom. The monoisotopic (exact) mass is 349 g/mol. The lowest BCUT2D eigenvalue weighted by Gasteiger charge is -2.18. The fraction of sp³-hybridized carbons (Fsp3) is 0.143. The smallest absolute Gasteiger partial charge is 0.317 e. The molecule has 1 heterocycles. The number of rotatable bonds is 6. The lowest BCUT2D eigenvalue weighted by molar-refractivity contribution is -0.144. The number of ether oxygens (including phenoxy) is 1. The van der Waals surface area contributed by atoms with Crippen molar-refractivity contribution in [1.29, 1.82) is 0 Å². The number of pyridine rings is 1. The maximum atomic E-state index is 12.4. The molecule has 0 radical (unpaired) electrons. The summed E-state index contributed by atoms with van der Waals surface area (Å²) in [6.07, 6.45) is 1.22. The summed E-state index contributed by atoms with van der Waals surface area (Å²) in [5, 5.41) is 0. The third kappa shape index (κ3) is 4.94. The van der Waals surface area contributed by atoms with Crippen molar-refractivity contribution in [2.75, 3.05) is 5.75 Å². The van der Waals surface area contributed by atoms with Crippen molar-refractivity contribution < 1.29 is 9.53 Å². The maximum Gasteiger partial charge on any atom is 0.317 e. The van der Waals surface area contributed by atoms with Crippen LogP contribution in [0.3, 0.4) is 0 Å². The predicted octanol–water partition coefficient (Wildman–Crippen LogP) is 4.81. The summed E-state index contributed by atoms with van der Waals surface area (Å²) in [6.45, 7) is 2.04. The number of benzene rings is 2. The van der Waals surface area contributed by atoms with Crippen molar-refractivity contribution in [3.8, 4) is 0 Å². The van der Waals surface area contributed by atoms with E-state index in [2.05, 4.69) is 4.98 Å². The van der Waals surface area contributed by atoms with Gasteiger partial charge in [-0.15, -0.1) is 11.8 Å². The first-order chi connectivity index (χ1) is 12.2. The molecular weight excluding hydrogens is 330 g/mol. The molecule has 1 atom stereocenters. The minimum absolute atomic E-state index is 0.259. The van der Waals surface area contributed by atoms with Crippen LogP contribution in [0.15, 0.2) is 83.9 Å². The van der Waals surface area contributed by atoms with Crippen LogP contribution in [0, 0.1) is 6.92 Å². The van der Waals surface area contributed by atoms with Gasteiger partial charge in [0.15, 0.2) is 6.10 Å². The minimum atomic E-state index is -0.492. The molecule has 0 aliphatic rings. The van der Waals surface area contributed by atoms with E-state index in [0.717, 1.165) is 16.2 Å². The number of nitrogens with zero attached hydrogens (tertiary/aromatic N) is 1. The second-order valence-corrected chi connectivity index (χ2v) is 6.69. The molecule has 3 nitrogen and oxygen atoms in total. The van der Waals surface area contributed by atoms with Crippen LogP contribution in [-0.2, 0) is 9.53 Å². The van der Waals surface area contributed by atoms with E-state index in [9.17, 15) is 4.79 Å². The molecule has 0 aliphatic carbocycles. The summed E-state index contributed by atoms with van der Waals surface area (Å²) in [7, 11) is 0. The first kappa shape index (κ1) is 17.2. The highest BCUT2D eigenvalue weighted by Crippen LogP contribution is 2.26. The molecule has 3 aromatic rings. The van der Waals surface area contributed by atoms with E-state index in [1.165, 1.54) is 17.3 Å². The topological polar surface area (TPSA) is 39.2 Å². The van der Waals surface area contributed by atoms with Crippen LogP contribution in [0.4, 0.5) is 0 Å². The quantitative estimate of drug-likeness (QED) is 0.473. The molecule has 126 valence electrons.